The summed E-state index contributed by atoms with van der Waals surface area (Å²) >= 11 is 0. The Bertz CT molecular complexity index is 954. The van der Waals surface area contributed by atoms with E-state index in [1.807, 2.05) is 5.32 Å². The Morgan fingerprint density at radius 1 is 0.882 bits per heavy atom. The lowest BCUT2D eigenvalue weighted by molar-refractivity contribution is -0.143. The van der Waals surface area contributed by atoms with Crippen LogP contribution in [0.3, 0.4) is 0 Å². The summed E-state index contributed by atoms with van der Waals surface area (Å²) in [6.07, 6.45) is 3.16. The summed E-state index contributed by atoms with van der Waals surface area (Å²) in [5.74, 6) is -3.92. The van der Waals surface area contributed by atoms with Gasteiger partial charge in [0.05, 0.1) is 25.6 Å². The number of aliphatic hydroxyl groups excluding tert-OH is 2. The van der Waals surface area contributed by atoms with Crippen LogP contribution in [0.25, 0.3) is 0 Å². The number of hydrogen-bond acceptors (Lipinski definition) is 8. The van der Waals surface area contributed by atoms with Crippen molar-refractivity contribution in [3.8, 4) is 0 Å². The van der Waals surface area contributed by atoms with Crippen LogP contribution in [-0.2, 0) is 32.0 Å². The summed E-state index contributed by atoms with van der Waals surface area (Å²) in [6, 6.07) is 3.49. The number of rotatable bonds is 13. The number of nitrogens with one attached hydrogen (secondary N) is 4. The molecule has 0 fully saturated rings. The number of hydrogen-bond donors (Lipinski definition) is 8. The third-order valence-electron chi connectivity index (χ3n) is 4.86. The molecule has 3 amide bonds. The van der Waals surface area contributed by atoms with Gasteiger partial charge in [-0.1, -0.05) is 30.3 Å². The first-order chi connectivity index (χ1) is 16.2. The van der Waals surface area contributed by atoms with Gasteiger partial charge in [0.1, 0.15) is 18.1 Å². The number of aliphatic carboxylic acids is 1. The van der Waals surface area contributed by atoms with Crippen LogP contribution < -0.4 is 21.7 Å². The lowest BCUT2D eigenvalue weighted by atomic mass is 10.0. The lowest BCUT2D eigenvalue weighted by Crippen LogP contribution is -2.59. The van der Waals surface area contributed by atoms with E-state index in [1.165, 1.54) is 12.5 Å². The summed E-state index contributed by atoms with van der Waals surface area (Å²) in [6.45, 7) is -1.73. The molecule has 0 saturated carbocycles. The fraction of sp³-hybridized carbons (Fsp3) is 0.381. The fourth-order valence-corrected chi connectivity index (χ4v) is 2.99. The number of H-pyrrole nitrogens is 1. The quantitative estimate of drug-likeness (QED) is 0.148. The number of aromatic nitrogens is 2. The number of aromatic amines is 1. The van der Waals surface area contributed by atoms with E-state index >= 15 is 0 Å². The minimum Gasteiger partial charge on any atom is -0.480 e. The summed E-state index contributed by atoms with van der Waals surface area (Å²) in [5, 5.41) is 34.5. The molecule has 1 heterocycles. The molecule has 34 heavy (non-hydrogen) atoms. The summed E-state index contributed by atoms with van der Waals surface area (Å²) in [7, 11) is 0. The first-order valence-electron chi connectivity index (χ1n) is 10.4. The highest BCUT2D eigenvalue weighted by atomic mass is 16.4. The van der Waals surface area contributed by atoms with Crippen LogP contribution >= 0.6 is 0 Å². The number of amides is 3. The number of imidazole rings is 1. The molecule has 4 unspecified atom stereocenters. The van der Waals surface area contributed by atoms with Crippen molar-refractivity contribution in [2.24, 2.45) is 5.73 Å². The molecular formula is C21H28N6O7. The van der Waals surface area contributed by atoms with Gasteiger partial charge in [-0.15, -0.1) is 0 Å². The zero-order valence-corrected chi connectivity index (χ0v) is 18.2. The van der Waals surface area contributed by atoms with Gasteiger partial charge < -0.3 is 42.0 Å². The van der Waals surface area contributed by atoms with Crippen LogP contribution in [0, 0.1) is 0 Å². The van der Waals surface area contributed by atoms with E-state index in [-0.39, 0.29) is 12.8 Å². The standard InChI is InChI=1S/C21H28N6O7/c22-14(7-13-8-23-11-24-13)18(30)25-15(6-12-4-2-1-3-5-12)19(31)26-16(9-28)20(32)27-17(10-29)21(33)34/h1-5,8,11,14-17,28-29H,6-7,9-10,22H2,(H,23,24)(H,25,30)(H,26,31)(H,27,32)(H,33,34). The van der Waals surface area contributed by atoms with Crippen LogP contribution in [0.4, 0.5) is 0 Å². The number of carbonyl (C=O) groups excluding carboxylic acids is 3. The highest BCUT2D eigenvalue weighted by Crippen LogP contribution is 2.05. The maximum absolute atomic E-state index is 12.9. The molecular weight excluding hydrogens is 448 g/mol. The lowest BCUT2D eigenvalue weighted by Gasteiger charge is -2.24. The molecule has 13 heteroatoms. The zero-order chi connectivity index (χ0) is 25.1. The van der Waals surface area contributed by atoms with Crippen LogP contribution in [0.1, 0.15) is 11.3 Å². The Morgan fingerprint density at radius 2 is 1.47 bits per heavy atom. The molecule has 13 nitrogen and oxygen atoms in total. The first kappa shape index (κ1) is 26.4. The Morgan fingerprint density at radius 3 is 2.03 bits per heavy atom. The fourth-order valence-electron chi connectivity index (χ4n) is 2.99. The van der Waals surface area contributed by atoms with Crippen LogP contribution in [0.2, 0.25) is 0 Å². The summed E-state index contributed by atoms with van der Waals surface area (Å²) in [4.78, 5) is 55.6. The van der Waals surface area contributed by atoms with Gasteiger partial charge in [-0.3, -0.25) is 14.4 Å². The normalized spacial score (nSPS) is 14.3. The van der Waals surface area contributed by atoms with Crippen LogP contribution in [0.15, 0.2) is 42.9 Å². The molecule has 0 bridgehead atoms. The predicted molar refractivity (Wildman–Crippen MR) is 118 cm³/mol. The van der Waals surface area contributed by atoms with Crippen molar-refractivity contribution in [2.75, 3.05) is 13.2 Å². The molecule has 0 radical (unpaired) electrons. The van der Waals surface area contributed by atoms with E-state index < -0.39 is 61.1 Å². The second kappa shape index (κ2) is 13.0. The number of carboxylic acids is 1. The average molecular weight is 476 g/mol. The molecule has 0 aliphatic rings. The van der Waals surface area contributed by atoms with E-state index in [1.54, 1.807) is 30.3 Å². The van der Waals surface area contributed by atoms with Crippen LogP contribution in [-0.4, -0.2) is 86.4 Å². The maximum Gasteiger partial charge on any atom is 0.328 e. The van der Waals surface area contributed by atoms with E-state index in [2.05, 4.69) is 20.6 Å². The van der Waals surface area contributed by atoms with Crippen molar-refractivity contribution in [3.63, 3.8) is 0 Å². The van der Waals surface area contributed by atoms with Crippen molar-refractivity contribution in [2.45, 2.75) is 37.0 Å². The molecule has 0 spiro atoms. The number of nitrogens with zero attached hydrogens (tertiary/aromatic N) is 1. The Kier molecular flexibility index (Phi) is 10.1. The van der Waals surface area contributed by atoms with Gasteiger partial charge >= 0.3 is 5.97 Å². The molecule has 1 aromatic heterocycles. The number of carbonyl (C=O) groups is 4. The van der Waals surface area contributed by atoms with Gasteiger partial charge in [0, 0.05) is 24.7 Å². The Hall–Kier alpha value is -3.81. The molecule has 0 aliphatic carbocycles. The molecule has 2 aromatic rings. The molecule has 184 valence electrons. The number of carboxylic acid groups (broad SMARTS) is 1. The number of aliphatic hydroxyl groups is 2. The van der Waals surface area contributed by atoms with Crippen molar-refractivity contribution in [1.82, 2.24) is 25.9 Å². The monoisotopic (exact) mass is 476 g/mol. The van der Waals surface area contributed by atoms with Gasteiger partial charge in [0.25, 0.3) is 0 Å². The minimum absolute atomic E-state index is 0.0589. The zero-order valence-electron chi connectivity index (χ0n) is 18.2. The molecule has 0 saturated heterocycles. The average Bonchev–Trinajstić information content (AvgIpc) is 3.33. The second-order valence-corrected chi connectivity index (χ2v) is 7.46. The van der Waals surface area contributed by atoms with E-state index in [0.29, 0.717) is 11.3 Å². The topological polar surface area (TPSA) is 220 Å². The largest absolute Gasteiger partial charge is 0.480 e. The number of nitrogens with two attached hydrogens (primary N) is 1. The van der Waals surface area contributed by atoms with Crippen LogP contribution in [0.5, 0.6) is 0 Å². The van der Waals surface area contributed by atoms with E-state index in [4.69, 9.17) is 15.9 Å². The number of benzene rings is 1. The van der Waals surface area contributed by atoms with Gasteiger partial charge in [-0.25, -0.2) is 9.78 Å². The molecule has 9 N–H and O–H groups in total. The van der Waals surface area contributed by atoms with E-state index in [9.17, 15) is 24.3 Å². The summed E-state index contributed by atoms with van der Waals surface area (Å²) in [5.41, 5.74) is 7.28. The second-order valence-electron chi connectivity index (χ2n) is 7.46. The van der Waals surface area contributed by atoms with Gasteiger partial charge in [0.2, 0.25) is 17.7 Å². The molecule has 1 aromatic carbocycles. The van der Waals surface area contributed by atoms with Crippen molar-refractivity contribution in [3.05, 3.63) is 54.1 Å². The van der Waals surface area contributed by atoms with Crippen molar-refractivity contribution in [1.29, 1.82) is 0 Å². The smallest absolute Gasteiger partial charge is 0.328 e. The third-order valence-corrected chi connectivity index (χ3v) is 4.86. The van der Waals surface area contributed by atoms with Gasteiger partial charge in [-0.2, -0.15) is 0 Å². The summed E-state index contributed by atoms with van der Waals surface area (Å²) < 4.78 is 0. The molecule has 0 aliphatic heterocycles. The van der Waals surface area contributed by atoms with Gasteiger partial charge in [0.15, 0.2) is 0 Å². The van der Waals surface area contributed by atoms with Crippen molar-refractivity contribution >= 4 is 23.7 Å². The molecule has 4 atom stereocenters. The van der Waals surface area contributed by atoms with Crippen molar-refractivity contribution < 1.29 is 34.5 Å². The maximum atomic E-state index is 12.9. The molecule has 2 rings (SSSR count). The SMILES string of the molecule is NC(Cc1cnc[nH]1)C(=O)NC(Cc1ccccc1)C(=O)NC(CO)C(=O)NC(CO)C(=O)O. The van der Waals surface area contributed by atoms with E-state index in [0.717, 1.165) is 0 Å². The predicted octanol–water partition coefficient (Wildman–Crippen LogP) is -2.95. The minimum atomic E-state index is -1.61. The highest BCUT2D eigenvalue weighted by molar-refractivity contribution is 5.94. The highest BCUT2D eigenvalue weighted by Gasteiger charge is 2.30. The first-order valence-corrected chi connectivity index (χ1v) is 10.4. The Labute approximate surface area is 194 Å². The third kappa shape index (κ3) is 7.95. The Balaban J connectivity index is 2.11. The van der Waals surface area contributed by atoms with Gasteiger partial charge in [-0.05, 0) is 5.56 Å².